The Kier molecular flexibility index (Phi) is 11.4. The lowest BCUT2D eigenvalue weighted by atomic mass is 9.94. The Morgan fingerprint density at radius 1 is 0.882 bits per heavy atom. The van der Waals surface area contributed by atoms with Crippen molar-refractivity contribution in [1.82, 2.24) is 40.3 Å². The van der Waals surface area contributed by atoms with E-state index in [0.29, 0.717) is 68.1 Å². The van der Waals surface area contributed by atoms with Gasteiger partial charge in [0.1, 0.15) is 28.8 Å². The first-order valence-electron chi connectivity index (χ1n) is 24.1. The van der Waals surface area contributed by atoms with Crippen LogP contribution in [-0.4, -0.2) is 142 Å². The van der Waals surface area contributed by atoms with Crippen LogP contribution >= 0.6 is 0 Å². The third-order valence-electron chi connectivity index (χ3n) is 15.0. The van der Waals surface area contributed by atoms with Gasteiger partial charge < -0.3 is 34.8 Å². The maximum absolute atomic E-state index is 16.9. The number of imide groups is 1. The number of phenols is 1. The number of carbonyl (C=O) groups is 4. The molecule has 4 amide bonds. The number of amides is 4. The molecule has 0 bridgehead atoms. The monoisotopic (exact) mass is 924 g/mol. The molecule has 354 valence electrons. The second-order valence-corrected chi connectivity index (χ2v) is 20.0. The number of pyridine rings is 1. The van der Waals surface area contributed by atoms with Crippen molar-refractivity contribution in [3.8, 4) is 23.0 Å². The number of piperidine rings is 2. The molecule has 5 aromatic rings. The predicted octanol–water partition coefficient (Wildman–Crippen LogP) is 4.86. The molecule has 16 nitrogen and oxygen atoms in total. The van der Waals surface area contributed by atoms with Crippen LogP contribution in [0.2, 0.25) is 0 Å². The lowest BCUT2D eigenvalue weighted by Gasteiger charge is -2.40. The summed E-state index contributed by atoms with van der Waals surface area (Å²) >= 11 is 0. The Labute approximate surface area is 393 Å². The van der Waals surface area contributed by atoms with Gasteiger partial charge in [0.2, 0.25) is 17.7 Å². The molecule has 1 saturated carbocycles. The van der Waals surface area contributed by atoms with Crippen molar-refractivity contribution in [2.75, 3.05) is 75.3 Å². The number of ether oxygens (including phenoxy) is 1. The highest BCUT2D eigenvalue weighted by atomic mass is 19.1. The summed E-state index contributed by atoms with van der Waals surface area (Å²) in [5, 5.41) is 18.6. The molecule has 2 aromatic heterocycles. The molecule has 4 saturated heterocycles. The number of fused-ring (bicyclic) bond motifs is 3. The van der Waals surface area contributed by atoms with E-state index in [-0.39, 0.29) is 70.5 Å². The van der Waals surface area contributed by atoms with Crippen LogP contribution in [0.5, 0.6) is 11.8 Å². The van der Waals surface area contributed by atoms with E-state index in [1.807, 2.05) is 47.4 Å². The SMILES string of the molecule is CC1CN(c2nc(OCC3(CN4CCN(C(=O)C5CCN(c6ccc7c(c6)CN(C6CCC(=O)NC6=O)C7=O)CC5)CC4)CC3)nc3c(F)c(-c4cc(O)cc5ccccc45)ncc23)CC(C)N1. The van der Waals surface area contributed by atoms with E-state index in [9.17, 15) is 24.3 Å². The zero-order valence-electron chi connectivity index (χ0n) is 38.5. The van der Waals surface area contributed by atoms with E-state index in [2.05, 4.69) is 44.2 Å². The second kappa shape index (κ2) is 17.6. The van der Waals surface area contributed by atoms with Gasteiger partial charge in [-0.1, -0.05) is 24.3 Å². The van der Waals surface area contributed by atoms with Crippen molar-refractivity contribution in [2.45, 2.75) is 77.0 Å². The Bertz CT molecular complexity index is 2830. The minimum Gasteiger partial charge on any atom is -0.508 e. The fourth-order valence-corrected chi connectivity index (χ4v) is 11.2. The first kappa shape index (κ1) is 44.1. The third kappa shape index (κ3) is 8.43. The fraction of sp³-hybridized carbons (Fsp3) is 0.471. The topological polar surface area (TPSA) is 177 Å². The van der Waals surface area contributed by atoms with Crippen molar-refractivity contribution in [2.24, 2.45) is 11.3 Å². The van der Waals surface area contributed by atoms with Crippen LogP contribution in [-0.2, 0) is 20.9 Å². The van der Waals surface area contributed by atoms with Gasteiger partial charge in [-0.25, -0.2) is 4.39 Å². The summed E-state index contributed by atoms with van der Waals surface area (Å²) in [7, 11) is 0. The van der Waals surface area contributed by atoms with Crippen molar-refractivity contribution in [3.05, 3.63) is 77.7 Å². The van der Waals surface area contributed by atoms with Gasteiger partial charge in [-0.05, 0) is 92.6 Å². The highest BCUT2D eigenvalue weighted by Gasteiger charge is 2.46. The number of hydrogen-bond acceptors (Lipinski definition) is 13. The molecule has 11 rings (SSSR count). The first-order chi connectivity index (χ1) is 32.9. The summed E-state index contributed by atoms with van der Waals surface area (Å²) in [4.78, 5) is 76.0. The molecule has 68 heavy (non-hydrogen) atoms. The summed E-state index contributed by atoms with van der Waals surface area (Å²) in [6.07, 6.45) is 5.66. The molecular weight excluding hydrogens is 868 g/mol. The van der Waals surface area contributed by atoms with Gasteiger partial charge in [-0.3, -0.25) is 34.4 Å². The van der Waals surface area contributed by atoms with Gasteiger partial charge in [0.15, 0.2) is 5.82 Å². The molecule has 5 aliphatic heterocycles. The maximum atomic E-state index is 16.9. The number of piperazine rings is 2. The number of phenolic OH excluding ortho intramolecular Hbond substituents is 1. The molecule has 17 heteroatoms. The first-order valence-corrected chi connectivity index (χ1v) is 24.1. The van der Waals surface area contributed by atoms with Crippen LogP contribution in [0.3, 0.4) is 0 Å². The number of nitrogens with zero attached hydrogens (tertiary/aromatic N) is 8. The van der Waals surface area contributed by atoms with Crippen molar-refractivity contribution < 1.29 is 33.4 Å². The summed E-state index contributed by atoms with van der Waals surface area (Å²) in [6.45, 7) is 11.5. The van der Waals surface area contributed by atoms with Gasteiger partial charge in [-0.15, -0.1) is 0 Å². The van der Waals surface area contributed by atoms with Crippen LogP contribution in [0.4, 0.5) is 15.9 Å². The van der Waals surface area contributed by atoms with Crippen LogP contribution in [0.15, 0.2) is 60.8 Å². The van der Waals surface area contributed by atoms with Gasteiger partial charge in [0, 0.05) is 118 Å². The second-order valence-electron chi connectivity index (χ2n) is 20.0. The largest absolute Gasteiger partial charge is 0.508 e. The number of hydrogen-bond donors (Lipinski definition) is 3. The molecule has 0 radical (unpaired) electrons. The Hall–Kier alpha value is -6.46. The molecule has 7 heterocycles. The predicted molar refractivity (Wildman–Crippen MR) is 254 cm³/mol. The lowest BCUT2D eigenvalue weighted by molar-refractivity contribution is -0.138. The van der Waals surface area contributed by atoms with Gasteiger partial charge in [0.25, 0.3) is 5.91 Å². The number of rotatable bonds is 10. The highest BCUT2D eigenvalue weighted by Crippen LogP contribution is 2.47. The van der Waals surface area contributed by atoms with Gasteiger partial charge in [-0.2, -0.15) is 9.97 Å². The average Bonchev–Trinajstić information content (AvgIpc) is 4.03. The number of aromatic hydroxyl groups is 1. The maximum Gasteiger partial charge on any atom is 0.319 e. The van der Waals surface area contributed by atoms with Crippen molar-refractivity contribution in [3.63, 3.8) is 0 Å². The molecule has 6 aliphatic rings. The van der Waals surface area contributed by atoms with Crippen LogP contribution in [0.1, 0.15) is 68.3 Å². The molecular formula is C51H57FN10O6. The quantitative estimate of drug-likeness (QED) is 0.162. The number of aromatic nitrogens is 3. The zero-order valence-corrected chi connectivity index (χ0v) is 38.5. The van der Waals surface area contributed by atoms with E-state index in [0.717, 1.165) is 80.4 Å². The van der Waals surface area contributed by atoms with Gasteiger partial charge in [0.05, 0.1) is 12.0 Å². The number of benzene rings is 3. The van der Waals surface area contributed by atoms with Crippen LogP contribution in [0.25, 0.3) is 32.9 Å². The minimum atomic E-state index is -0.646. The number of nitrogens with one attached hydrogen (secondary N) is 2. The average molecular weight is 925 g/mol. The molecule has 5 fully saturated rings. The van der Waals surface area contributed by atoms with Crippen LogP contribution < -0.4 is 25.2 Å². The van der Waals surface area contributed by atoms with E-state index in [1.165, 1.54) is 0 Å². The summed E-state index contributed by atoms with van der Waals surface area (Å²) < 4.78 is 23.4. The standard InChI is InChI=1S/C51H57FN10O6/c1-30-25-61(26-31(2)54-30)46-40-24-53-44(39-23-36(63)22-33-5-3-4-6-37(33)39)43(52)45(40)56-50(57-46)68-29-51(13-14-51)28-58-17-19-60(20-18-58)48(66)32-11-15-59(16-12-32)35-7-8-38-34(21-35)27-62(49(38)67)41-9-10-42(64)55-47(41)65/h3-8,21-24,30-32,41,54,63H,9-20,25-29H2,1-2H3,(H,55,64,65). The Balaban J connectivity index is 0.717. The molecule has 1 aliphatic carbocycles. The van der Waals surface area contributed by atoms with E-state index >= 15 is 4.39 Å². The third-order valence-corrected chi connectivity index (χ3v) is 15.0. The smallest absolute Gasteiger partial charge is 0.319 e. The molecule has 0 spiro atoms. The zero-order chi connectivity index (χ0) is 46.8. The normalized spacial score (nSPS) is 23.3. The number of carbonyl (C=O) groups excluding carboxylic acids is 4. The number of anilines is 2. The van der Waals surface area contributed by atoms with Crippen molar-refractivity contribution >= 4 is 56.8 Å². The molecule has 3 aromatic carbocycles. The molecule has 3 atom stereocenters. The minimum absolute atomic E-state index is 0.0221. The molecule has 3 N–H and O–H groups in total. The fourth-order valence-electron chi connectivity index (χ4n) is 11.2. The lowest BCUT2D eigenvalue weighted by Crippen LogP contribution is -2.54. The summed E-state index contributed by atoms with van der Waals surface area (Å²) in [6, 6.07) is 16.4. The van der Waals surface area contributed by atoms with Gasteiger partial charge >= 0.3 is 6.01 Å². The highest BCUT2D eigenvalue weighted by molar-refractivity contribution is 6.05. The van der Waals surface area contributed by atoms with Crippen LogP contribution in [0, 0.1) is 17.2 Å². The van der Waals surface area contributed by atoms with E-state index in [1.54, 1.807) is 23.2 Å². The summed E-state index contributed by atoms with van der Waals surface area (Å²) in [5.41, 5.74) is 3.09. The number of halogens is 1. The van der Waals surface area contributed by atoms with E-state index in [4.69, 9.17) is 14.7 Å². The Morgan fingerprint density at radius 2 is 1.65 bits per heavy atom. The van der Waals surface area contributed by atoms with Crippen molar-refractivity contribution in [1.29, 1.82) is 0 Å². The van der Waals surface area contributed by atoms with E-state index < -0.39 is 17.8 Å². The molecule has 3 unspecified atom stereocenters. The Morgan fingerprint density at radius 3 is 2.40 bits per heavy atom. The summed E-state index contributed by atoms with van der Waals surface area (Å²) in [5.74, 6) is -0.721.